The molecule has 0 fully saturated rings. The Labute approximate surface area is 66.2 Å². The SMILES string of the molecule is CC(C=O)CCc1ccco1. The molecule has 2 nitrogen and oxygen atoms in total. The van der Waals surface area contributed by atoms with Crippen molar-refractivity contribution in [3.63, 3.8) is 0 Å². The molecule has 1 heterocycles. The Balaban J connectivity index is 2.28. The van der Waals surface area contributed by atoms with Gasteiger partial charge in [-0.05, 0) is 18.6 Å². The minimum Gasteiger partial charge on any atom is -0.469 e. The van der Waals surface area contributed by atoms with Crippen LogP contribution in [0.5, 0.6) is 0 Å². The van der Waals surface area contributed by atoms with Gasteiger partial charge in [0.05, 0.1) is 6.26 Å². The van der Waals surface area contributed by atoms with Gasteiger partial charge < -0.3 is 9.21 Å². The lowest BCUT2D eigenvalue weighted by atomic mass is 10.1. The zero-order valence-corrected chi connectivity index (χ0v) is 6.62. The van der Waals surface area contributed by atoms with Gasteiger partial charge in [0.25, 0.3) is 0 Å². The van der Waals surface area contributed by atoms with Crippen molar-refractivity contribution >= 4 is 6.29 Å². The molecule has 0 N–H and O–H groups in total. The standard InChI is InChI=1S/C9H12O2/c1-8(7-10)4-5-9-3-2-6-11-9/h2-3,6-8H,4-5H2,1H3. The third kappa shape index (κ3) is 2.58. The van der Waals surface area contributed by atoms with E-state index in [0.717, 1.165) is 24.9 Å². The van der Waals surface area contributed by atoms with Crippen LogP contribution in [0.3, 0.4) is 0 Å². The number of carbonyl (C=O) groups excluding carboxylic acids is 1. The first-order valence-electron chi connectivity index (χ1n) is 3.80. The molecule has 0 saturated heterocycles. The fourth-order valence-electron chi connectivity index (χ4n) is 0.893. The maximum absolute atomic E-state index is 10.2. The van der Waals surface area contributed by atoms with Crippen LogP contribution in [0.25, 0.3) is 0 Å². The van der Waals surface area contributed by atoms with Gasteiger partial charge in [-0.3, -0.25) is 0 Å². The van der Waals surface area contributed by atoms with Gasteiger partial charge >= 0.3 is 0 Å². The summed E-state index contributed by atoms with van der Waals surface area (Å²) in [5.74, 6) is 1.10. The van der Waals surface area contributed by atoms with E-state index in [2.05, 4.69) is 0 Å². The molecule has 0 amide bonds. The molecule has 1 unspecified atom stereocenters. The van der Waals surface area contributed by atoms with Crippen LogP contribution in [-0.4, -0.2) is 6.29 Å². The smallest absolute Gasteiger partial charge is 0.122 e. The summed E-state index contributed by atoms with van der Waals surface area (Å²) >= 11 is 0. The van der Waals surface area contributed by atoms with Gasteiger partial charge in [-0.2, -0.15) is 0 Å². The number of hydrogen-bond acceptors (Lipinski definition) is 2. The van der Waals surface area contributed by atoms with Crippen molar-refractivity contribution < 1.29 is 9.21 Å². The molecule has 60 valence electrons. The molecule has 1 atom stereocenters. The quantitative estimate of drug-likeness (QED) is 0.618. The summed E-state index contributed by atoms with van der Waals surface area (Å²) in [5, 5.41) is 0. The molecule has 0 aromatic carbocycles. The fraction of sp³-hybridized carbons (Fsp3) is 0.444. The molecular formula is C9H12O2. The van der Waals surface area contributed by atoms with Crippen molar-refractivity contribution in [2.45, 2.75) is 19.8 Å². The largest absolute Gasteiger partial charge is 0.469 e. The maximum Gasteiger partial charge on any atom is 0.122 e. The lowest BCUT2D eigenvalue weighted by Crippen LogP contribution is -1.96. The molecule has 0 aliphatic rings. The van der Waals surface area contributed by atoms with Crippen molar-refractivity contribution in [1.82, 2.24) is 0 Å². The molecular weight excluding hydrogens is 140 g/mol. The van der Waals surface area contributed by atoms with E-state index < -0.39 is 0 Å². The molecule has 0 saturated carbocycles. The summed E-state index contributed by atoms with van der Waals surface area (Å²) in [6, 6.07) is 3.79. The number of aryl methyl sites for hydroxylation is 1. The molecule has 0 aliphatic carbocycles. The number of carbonyl (C=O) groups is 1. The summed E-state index contributed by atoms with van der Waals surface area (Å²) in [6.07, 6.45) is 4.35. The topological polar surface area (TPSA) is 30.2 Å². The van der Waals surface area contributed by atoms with Gasteiger partial charge in [0.2, 0.25) is 0 Å². The first-order valence-corrected chi connectivity index (χ1v) is 3.80. The Morgan fingerprint density at radius 3 is 3.09 bits per heavy atom. The predicted molar refractivity (Wildman–Crippen MR) is 42.3 cm³/mol. The van der Waals surface area contributed by atoms with Crippen LogP contribution in [0, 0.1) is 5.92 Å². The Hall–Kier alpha value is -1.05. The first-order chi connectivity index (χ1) is 5.33. The Bertz CT molecular complexity index is 201. The van der Waals surface area contributed by atoms with Crippen molar-refractivity contribution in [2.24, 2.45) is 5.92 Å². The van der Waals surface area contributed by atoms with E-state index in [-0.39, 0.29) is 5.92 Å². The zero-order chi connectivity index (χ0) is 8.10. The van der Waals surface area contributed by atoms with Crippen LogP contribution >= 0.6 is 0 Å². The van der Waals surface area contributed by atoms with Crippen LogP contribution in [0.2, 0.25) is 0 Å². The maximum atomic E-state index is 10.2. The molecule has 0 spiro atoms. The molecule has 11 heavy (non-hydrogen) atoms. The molecule has 2 heteroatoms. The average molecular weight is 152 g/mol. The summed E-state index contributed by atoms with van der Waals surface area (Å²) < 4.78 is 5.11. The highest BCUT2D eigenvalue weighted by atomic mass is 16.3. The second-order valence-electron chi connectivity index (χ2n) is 2.73. The molecule has 1 rings (SSSR count). The normalized spacial score (nSPS) is 12.8. The number of rotatable bonds is 4. The third-order valence-corrected chi connectivity index (χ3v) is 1.66. The first kappa shape index (κ1) is 8.05. The van der Waals surface area contributed by atoms with E-state index in [4.69, 9.17) is 4.42 Å². The third-order valence-electron chi connectivity index (χ3n) is 1.66. The monoisotopic (exact) mass is 152 g/mol. The minimum absolute atomic E-state index is 0.139. The molecule has 0 radical (unpaired) electrons. The highest BCUT2D eigenvalue weighted by Gasteiger charge is 2.01. The van der Waals surface area contributed by atoms with Crippen molar-refractivity contribution in [3.8, 4) is 0 Å². The number of hydrogen-bond donors (Lipinski definition) is 0. The Morgan fingerprint density at radius 2 is 2.55 bits per heavy atom. The Morgan fingerprint density at radius 1 is 1.73 bits per heavy atom. The van der Waals surface area contributed by atoms with E-state index in [0.29, 0.717) is 0 Å². The summed E-state index contributed by atoms with van der Waals surface area (Å²) in [4.78, 5) is 10.2. The van der Waals surface area contributed by atoms with Gasteiger partial charge in [0.1, 0.15) is 12.0 Å². The number of furan rings is 1. The molecule has 0 bridgehead atoms. The van der Waals surface area contributed by atoms with E-state index in [1.165, 1.54) is 0 Å². The average Bonchev–Trinajstić information content (AvgIpc) is 2.52. The Kier molecular flexibility index (Phi) is 2.90. The highest BCUT2D eigenvalue weighted by Crippen LogP contribution is 2.07. The molecule has 0 aliphatic heterocycles. The van der Waals surface area contributed by atoms with Gasteiger partial charge in [0.15, 0.2) is 0 Å². The lowest BCUT2D eigenvalue weighted by molar-refractivity contribution is -0.110. The van der Waals surface area contributed by atoms with Crippen molar-refractivity contribution in [2.75, 3.05) is 0 Å². The lowest BCUT2D eigenvalue weighted by Gasteiger charge is -1.99. The van der Waals surface area contributed by atoms with Crippen LogP contribution in [-0.2, 0) is 11.2 Å². The van der Waals surface area contributed by atoms with Crippen LogP contribution in [0.4, 0.5) is 0 Å². The van der Waals surface area contributed by atoms with Crippen LogP contribution in [0.1, 0.15) is 19.1 Å². The van der Waals surface area contributed by atoms with Gasteiger partial charge in [-0.1, -0.05) is 6.92 Å². The minimum atomic E-state index is 0.139. The van der Waals surface area contributed by atoms with Gasteiger partial charge in [-0.25, -0.2) is 0 Å². The second-order valence-corrected chi connectivity index (χ2v) is 2.73. The summed E-state index contributed by atoms with van der Waals surface area (Å²) in [7, 11) is 0. The van der Waals surface area contributed by atoms with Crippen molar-refractivity contribution in [1.29, 1.82) is 0 Å². The second kappa shape index (κ2) is 3.96. The van der Waals surface area contributed by atoms with Crippen LogP contribution < -0.4 is 0 Å². The molecule has 1 aromatic rings. The summed E-state index contributed by atoms with van der Waals surface area (Å²) in [5.41, 5.74) is 0. The van der Waals surface area contributed by atoms with E-state index >= 15 is 0 Å². The van der Waals surface area contributed by atoms with E-state index in [1.807, 2.05) is 19.1 Å². The molecule has 1 aromatic heterocycles. The summed E-state index contributed by atoms with van der Waals surface area (Å²) in [6.45, 7) is 1.91. The number of aldehydes is 1. The highest BCUT2D eigenvalue weighted by molar-refractivity contribution is 5.52. The van der Waals surface area contributed by atoms with E-state index in [9.17, 15) is 4.79 Å². The zero-order valence-electron chi connectivity index (χ0n) is 6.62. The van der Waals surface area contributed by atoms with Gasteiger partial charge in [0, 0.05) is 12.3 Å². The van der Waals surface area contributed by atoms with Gasteiger partial charge in [-0.15, -0.1) is 0 Å². The van der Waals surface area contributed by atoms with E-state index in [1.54, 1.807) is 6.26 Å². The van der Waals surface area contributed by atoms with Crippen LogP contribution in [0.15, 0.2) is 22.8 Å². The predicted octanol–water partition coefficient (Wildman–Crippen LogP) is 2.05. The fourth-order valence-corrected chi connectivity index (χ4v) is 0.893. The van der Waals surface area contributed by atoms with Crippen molar-refractivity contribution in [3.05, 3.63) is 24.2 Å².